The van der Waals surface area contributed by atoms with Gasteiger partial charge in [0.25, 0.3) is 0 Å². The Morgan fingerprint density at radius 2 is 1.29 bits per heavy atom. The van der Waals surface area contributed by atoms with Crippen molar-refractivity contribution >= 4 is 30.6 Å². The predicted molar refractivity (Wildman–Crippen MR) is 163 cm³/mol. The molecule has 0 fully saturated rings. The molecule has 0 atom stereocenters. The van der Waals surface area contributed by atoms with Gasteiger partial charge in [-0.25, -0.2) is 4.79 Å². The van der Waals surface area contributed by atoms with Gasteiger partial charge < -0.3 is 19.9 Å². The number of para-hydroxylation sites is 1. The fourth-order valence-corrected chi connectivity index (χ4v) is 4.55. The van der Waals surface area contributed by atoms with Crippen LogP contribution >= 0.6 is 12.4 Å². The fraction of sp³-hybridized carbons (Fsp3) is 0.742. The molecule has 0 saturated heterocycles. The maximum absolute atomic E-state index is 12.0. The minimum absolute atomic E-state index is 0. The Morgan fingerprint density at radius 3 is 1.79 bits per heavy atom. The smallest absolute Gasteiger partial charge is 0.407 e. The number of hydrogen-bond acceptors (Lipinski definition) is 4. The van der Waals surface area contributed by atoms with Crippen LogP contribution in [0.15, 0.2) is 24.3 Å². The molecule has 0 aliphatic heterocycles. The first-order valence-electron chi connectivity index (χ1n) is 14.9. The van der Waals surface area contributed by atoms with E-state index >= 15 is 0 Å². The Balaban J connectivity index is 0.0000137. The van der Waals surface area contributed by atoms with Crippen molar-refractivity contribution in [3.63, 3.8) is 0 Å². The lowest BCUT2D eigenvalue weighted by atomic mass is 10.0. The normalized spacial score (nSPS) is 10.7. The highest BCUT2D eigenvalue weighted by atomic mass is 35.5. The second-order valence-corrected chi connectivity index (χ2v) is 10.5. The van der Waals surface area contributed by atoms with E-state index in [0.717, 1.165) is 37.0 Å². The summed E-state index contributed by atoms with van der Waals surface area (Å²) in [5.41, 5.74) is 1.66. The monoisotopic (exact) mass is 553 g/mol. The number of nitrogens with one attached hydrogen (secondary N) is 1. The van der Waals surface area contributed by atoms with Crippen LogP contribution in [0.4, 0.5) is 10.5 Å². The lowest BCUT2D eigenvalue weighted by Gasteiger charge is -2.21. The summed E-state index contributed by atoms with van der Waals surface area (Å²) in [7, 11) is 3.91. The van der Waals surface area contributed by atoms with Gasteiger partial charge in [-0.15, -0.1) is 12.4 Å². The van der Waals surface area contributed by atoms with Gasteiger partial charge in [-0.05, 0) is 26.6 Å². The van der Waals surface area contributed by atoms with Crippen molar-refractivity contribution in [2.45, 2.75) is 116 Å². The molecule has 38 heavy (non-hydrogen) atoms. The summed E-state index contributed by atoms with van der Waals surface area (Å²) in [6, 6.07) is 7.65. The van der Waals surface area contributed by atoms with Gasteiger partial charge in [0.2, 0.25) is 6.41 Å². The van der Waals surface area contributed by atoms with Crippen LogP contribution < -0.4 is 10.2 Å². The van der Waals surface area contributed by atoms with Crippen LogP contribution in [0.2, 0.25) is 0 Å². The quantitative estimate of drug-likeness (QED) is 0.104. The fourth-order valence-electron chi connectivity index (χ4n) is 4.55. The predicted octanol–water partition coefficient (Wildman–Crippen LogP) is 8.12. The first-order valence-corrected chi connectivity index (χ1v) is 14.9. The molecule has 0 bridgehead atoms. The average molecular weight is 554 g/mol. The van der Waals surface area contributed by atoms with Crippen LogP contribution in [-0.4, -0.2) is 51.1 Å². The zero-order valence-electron chi connectivity index (χ0n) is 24.6. The number of likely N-dealkylation sites (N-methyl/N-ethyl adjacent to an activating group) is 1. The molecule has 1 N–H and O–H groups in total. The summed E-state index contributed by atoms with van der Waals surface area (Å²) in [4.78, 5) is 27.5. The number of nitrogens with zero attached hydrogens (tertiary/aromatic N) is 2. The minimum Gasteiger partial charge on any atom is -0.445 e. The molecule has 220 valence electrons. The van der Waals surface area contributed by atoms with Crippen molar-refractivity contribution in [3.05, 3.63) is 29.8 Å². The highest BCUT2D eigenvalue weighted by molar-refractivity contribution is 5.85. The van der Waals surface area contributed by atoms with E-state index in [1.807, 2.05) is 43.3 Å². The molecule has 1 aromatic carbocycles. The number of halogens is 1. The molecular weight excluding hydrogens is 498 g/mol. The third kappa shape index (κ3) is 19.3. The lowest BCUT2D eigenvalue weighted by molar-refractivity contribution is -0.107. The van der Waals surface area contributed by atoms with Crippen molar-refractivity contribution < 1.29 is 14.3 Å². The van der Waals surface area contributed by atoms with E-state index in [2.05, 4.69) is 12.2 Å². The maximum Gasteiger partial charge on any atom is 0.407 e. The largest absolute Gasteiger partial charge is 0.445 e. The highest BCUT2D eigenvalue weighted by Crippen LogP contribution is 2.21. The lowest BCUT2D eigenvalue weighted by Crippen LogP contribution is -2.31. The second-order valence-electron chi connectivity index (χ2n) is 10.5. The molecule has 1 rings (SSSR count). The summed E-state index contributed by atoms with van der Waals surface area (Å²) in [5.74, 6) is 0. The zero-order valence-corrected chi connectivity index (χ0v) is 25.4. The number of hydrogen-bond donors (Lipinski definition) is 1. The van der Waals surface area contributed by atoms with Gasteiger partial charge in [0.15, 0.2) is 0 Å². The van der Waals surface area contributed by atoms with Crippen LogP contribution in [0.5, 0.6) is 0 Å². The first-order chi connectivity index (χ1) is 18.1. The minimum atomic E-state index is -0.438. The number of ether oxygens (including phenoxy) is 1. The Labute approximate surface area is 239 Å². The van der Waals surface area contributed by atoms with Gasteiger partial charge in [0, 0.05) is 30.9 Å². The third-order valence-electron chi connectivity index (χ3n) is 6.87. The SMILES string of the molecule is CCCCCCCCCCCCCCCCCCN(C=O)c1ccccc1COC(=O)NCCN(C)C.Cl. The average Bonchev–Trinajstić information content (AvgIpc) is 2.89. The van der Waals surface area contributed by atoms with Crippen molar-refractivity contribution in [2.75, 3.05) is 38.6 Å². The van der Waals surface area contributed by atoms with Gasteiger partial charge in [-0.3, -0.25) is 4.79 Å². The molecule has 6 nitrogen and oxygen atoms in total. The molecule has 7 heteroatoms. The number of unbranched alkanes of at least 4 members (excludes halogenated alkanes) is 15. The van der Waals surface area contributed by atoms with E-state index < -0.39 is 6.09 Å². The number of anilines is 1. The molecule has 1 aromatic rings. The number of rotatable bonds is 24. The van der Waals surface area contributed by atoms with Crippen LogP contribution in [0, 0.1) is 0 Å². The van der Waals surface area contributed by atoms with Crippen LogP contribution in [0.3, 0.4) is 0 Å². The molecular formula is C31H56ClN3O3. The molecule has 0 saturated carbocycles. The number of amides is 2. The topological polar surface area (TPSA) is 61.9 Å². The Bertz CT molecular complexity index is 703. The van der Waals surface area contributed by atoms with E-state index in [9.17, 15) is 9.59 Å². The molecule has 0 spiro atoms. The van der Waals surface area contributed by atoms with Crippen molar-refractivity contribution in [3.8, 4) is 0 Å². The van der Waals surface area contributed by atoms with E-state index in [1.165, 1.54) is 89.9 Å². The summed E-state index contributed by atoms with van der Waals surface area (Å²) >= 11 is 0. The van der Waals surface area contributed by atoms with Crippen LogP contribution in [0.1, 0.15) is 115 Å². The van der Waals surface area contributed by atoms with E-state index in [1.54, 1.807) is 4.90 Å². The summed E-state index contributed by atoms with van der Waals surface area (Å²) in [6.07, 6.45) is 21.8. The molecule has 0 aromatic heterocycles. The number of carbonyl (C=O) groups excluding carboxylic acids is 2. The standard InChI is InChI=1S/C31H55N3O3.ClH/c1-4-5-6-7-8-9-10-11-12-13-14-15-16-17-18-21-25-34(28-35)30-23-20-19-22-29(30)27-37-31(36)32-24-26-33(2)3;/h19-20,22-23,28H,4-18,21,24-27H2,1-3H3,(H,32,36);1H. The van der Waals surface area contributed by atoms with Crippen LogP contribution in [-0.2, 0) is 16.1 Å². The summed E-state index contributed by atoms with van der Waals surface area (Å²) < 4.78 is 5.37. The molecule has 0 radical (unpaired) electrons. The summed E-state index contributed by atoms with van der Waals surface area (Å²) in [5, 5.41) is 2.75. The second kappa shape index (κ2) is 25.5. The first kappa shape index (κ1) is 36.2. The summed E-state index contributed by atoms with van der Waals surface area (Å²) in [6.45, 7) is 4.40. The van der Waals surface area contributed by atoms with Gasteiger partial charge >= 0.3 is 6.09 Å². The van der Waals surface area contributed by atoms with E-state index in [4.69, 9.17) is 4.74 Å². The zero-order chi connectivity index (χ0) is 27.0. The number of alkyl carbamates (subject to hydrolysis) is 1. The van der Waals surface area contributed by atoms with Crippen LogP contribution in [0.25, 0.3) is 0 Å². The number of carbonyl (C=O) groups is 2. The number of benzene rings is 1. The Morgan fingerprint density at radius 1 is 0.789 bits per heavy atom. The third-order valence-corrected chi connectivity index (χ3v) is 6.87. The van der Waals surface area contributed by atoms with E-state index in [-0.39, 0.29) is 19.0 Å². The van der Waals surface area contributed by atoms with Crippen molar-refractivity contribution in [1.82, 2.24) is 10.2 Å². The van der Waals surface area contributed by atoms with Crippen molar-refractivity contribution in [2.24, 2.45) is 0 Å². The molecule has 0 aliphatic rings. The Hall–Kier alpha value is -1.79. The van der Waals surface area contributed by atoms with Gasteiger partial charge in [0.05, 0.1) is 0 Å². The van der Waals surface area contributed by atoms with Gasteiger partial charge in [-0.2, -0.15) is 0 Å². The van der Waals surface area contributed by atoms with Crippen molar-refractivity contribution in [1.29, 1.82) is 0 Å². The molecule has 0 aliphatic carbocycles. The van der Waals surface area contributed by atoms with E-state index in [0.29, 0.717) is 13.1 Å². The maximum atomic E-state index is 12.0. The molecule has 0 unspecified atom stereocenters. The van der Waals surface area contributed by atoms with Gasteiger partial charge in [0.1, 0.15) is 6.61 Å². The Kier molecular flexibility index (Phi) is 24.3. The molecule has 2 amide bonds. The highest BCUT2D eigenvalue weighted by Gasteiger charge is 2.12. The molecule has 0 heterocycles. The van der Waals surface area contributed by atoms with Gasteiger partial charge in [-0.1, -0.05) is 121 Å².